The molecule has 0 unspecified atom stereocenters. The van der Waals surface area contributed by atoms with Gasteiger partial charge in [0.1, 0.15) is 5.54 Å². The van der Waals surface area contributed by atoms with Crippen LogP contribution in [0.5, 0.6) is 0 Å². The van der Waals surface area contributed by atoms with Crippen LogP contribution in [0.4, 0.5) is 0 Å². The molecule has 96 valence electrons. The zero-order valence-corrected chi connectivity index (χ0v) is 12.6. The number of nitriles is 1. The van der Waals surface area contributed by atoms with Crippen LogP contribution in [0.25, 0.3) is 0 Å². The van der Waals surface area contributed by atoms with Gasteiger partial charge < -0.3 is 5.32 Å². The molecule has 0 heterocycles. The van der Waals surface area contributed by atoms with E-state index in [-0.39, 0.29) is 5.91 Å². The highest BCUT2D eigenvalue weighted by molar-refractivity contribution is 9.10. The number of hydrogen-bond donors (Lipinski definition) is 1. The molecule has 0 aromatic heterocycles. The third kappa shape index (κ3) is 3.24. The minimum Gasteiger partial charge on any atom is -0.334 e. The maximum atomic E-state index is 12.1. The summed E-state index contributed by atoms with van der Waals surface area (Å²) in [6.45, 7) is 3.76. The van der Waals surface area contributed by atoms with Crippen LogP contribution in [0.1, 0.15) is 37.0 Å². The predicted octanol–water partition coefficient (Wildman–Crippen LogP) is 3.91. The number of benzene rings is 1. The Kier molecular flexibility index (Phi) is 5.18. The smallest absolute Gasteiger partial charge is 0.253 e. The highest BCUT2D eigenvalue weighted by Crippen LogP contribution is 2.23. The van der Waals surface area contributed by atoms with Crippen molar-refractivity contribution in [1.82, 2.24) is 5.32 Å². The van der Waals surface area contributed by atoms with E-state index in [1.807, 2.05) is 13.8 Å². The van der Waals surface area contributed by atoms with Crippen molar-refractivity contribution < 1.29 is 4.79 Å². The van der Waals surface area contributed by atoms with Crippen molar-refractivity contribution in [3.63, 3.8) is 0 Å². The normalized spacial score (nSPS) is 10.8. The van der Waals surface area contributed by atoms with Gasteiger partial charge in [0.25, 0.3) is 5.91 Å². The summed E-state index contributed by atoms with van der Waals surface area (Å²) >= 11 is 9.12. The molecule has 0 spiro atoms. The lowest BCUT2D eigenvalue weighted by Crippen LogP contribution is -2.46. The van der Waals surface area contributed by atoms with Crippen LogP contribution in [0.2, 0.25) is 5.02 Å². The minimum atomic E-state index is -0.809. The molecule has 5 heteroatoms. The molecule has 0 saturated carbocycles. The number of rotatable bonds is 4. The van der Waals surface area contributed by atoms with Crippen molar-refractivity contribution in [2.24, 2.45) is 0 Å². The van der Waals surface area contributed by atoms with E-state index in [4.69, 9.17) is 11.6 Å². The molecule has 0 radical (unpaired) electrons. The third-order valence-corrected chi connectivity index (χ3v) is 3.84. The summed E-state index contributed by atoms with van der Waals surface area (Å²) in [6.07, 6.45) is 1.13. The maximum absolute atomic E-state index is 12.1. The van der Waals surface area contributed by atoms with E-state index in [0.29, 0.717) is 27.9 Å². The van der Waals surface area contributed by atoms with Crippen molar-refractivity contribution >= 4 is 33.4 Å². The van der Waals surface area contributed by atoms with Crippen LogP contribution >= 0.6 is 27.5 Å². The van der Waals surface area contributed by atoms with Crippen LogP contribution in [0.15, 0.2) is 22.7 Å². The second-order valence-corrected chi connectivity index (χ2v) is 5.27. The van der Waals surface area contributed by atoms with E-state index in [1.54, 1.807) is 18.2 Å². The average molecular weight is 330 g/mol. The number of nitrogens with one attached hydrogen (secondary N) is 1. The maximum Gasteiger partial charge on any atom is 0.253 e. The summed E-state index contributed by atoms with van der Waals surface area (Å²) in [5, 5.41) is 12.5. The molecular formula is C13H14BrClN2O. The predicted molar refractivity (Wildman–Crippen MR) is 75.5 cm³/mol. The minimum absolute atomic E-state index is 0.274. The molecule has 1 aromatic carbocycles. The molecule has 1 N–H and O–H groups in total. The van der Waals surface area contributed by atoms with Crippen molar-refractivity contribution in [3.8, 4) is 6.07 Å². The zero-order valence-electron chi connectivity index (χ0n) is 10.3. The van der Waals surface area contributed by atoms with Crippen LogP contribution < -0.4 is 5.32 Å². The Balaban J connectivity index is 2.99. The van der Waals surface area contributed by atoms with Gasteiger partial charge in [0.05, 0.1) is 11.6 Å². The number of nitrogens with zero attached hydrogens (tertiary/aromatic N) is 1. The summed E-state index contributed by atoms with van der Waals surface area (Å²) in [5.74, 6) is -0.274. The lowest BCUT2D eigenvalue weighted by Gasteiger charge is -2.25. The molecule has 0 atom stereocenters. The average Bonchev–Trinajstić information content (AvgIpc) is 2.36. The van der Waals surface area contributed by atoms with E-state index in [2.05, 4.69) is 27.3 Å². The van der Waals surface area contributed by atoms with E-state index in [1.165, 1.54) is 0 Å². The Morgan fingerprint density at radius 1 is 1.50 bits per heavy atom. The second kappa shape index (κ2) is 6.21. The number of hydrogen-bond acceptors (Lipinski definition) is 2. The van der Waals surface area contributed by atoms with Crippen molar-refractivity contribution in [2.45, 2.75) is 32.2 Å². The summed E-state index contributed by atoms with van der Waals surface area (Å²) in [5.41, 5.74) is -0.336. The Labute approximate surface area is 120 Å². The van der Waals surface area contributed by atoms with Crippen LogP contribution in [0.3, 0.4) is 0 Å². The Morgan fingerprint density at radius 3 is 2.56 bits per heavy atom. The van der Waals surface area contributed by atoms with Gasteiger partial charge in [-0.2, -0.15) is 5.26 Å². The number of amides is 1. The molecule has 1 rings (SSSR count). The molecule has 0 aliphatic heterocycles. The highest BCUT2D eigenvalue weighted by Gasteiger charge is 2.28. The van der Waals surface area contributed by atoms with E-state index in [0.717, 1.165) is 0 Å². The molecule has 3 nitrogen and oxygen atoms in total. The zero-order chi connectivity index (χ0) is 13.8. The van der Waals surface area contributed by atoms with Gasteiger partial charge in [-0.3, -0.25) is 4.79 Å². The highest BCUT2D eigenvalue weighted by atomic mass is 79.9. The third-order valence-electron chi connectivity index (χ3n) is 2.95. The topological polar surface area (TPSA) is 52.9 Å². The fourth-order valence-corrected chi connectivity index (χ4v) is 2.43. The first-order chi connectivity index (χ1) is 8.48. The van der Waals surface area contributed by atoms with Gasteiger partial charge in [-0.25, -0.2) is 0 Å². The van der Waals surface area contributed by atoms with Crippen molar-refractivity contribution in [2.75, 3.05) is 0 Å². The Bertz CT molecular complexity index is 492. The fourth-order valence-electron chi connectivity index (χ4n) is 1.57. The van der Waals surface area contributed by atoms with Crippen molar-refractivity contribution in [3.05, 3.63) is 33.3 Å². The van der Waals surface area contributed by atoms with Gasteiger partial charge in [-0.1, -0.05) is 25.4 Å². The number of carbonyl (C=O) groups is 1. The summed E-state index contributed by atoms with van der Waals surface area (Å²) in [6, 6.07) is 7.11. The van der Waals surface area contributed by atoms with Crippen LogP contribution in [-0.4, -0.2) is 11.4 Å². The van der Waals surface area contributed by atoms with Gasteiger partial charge in [0, 0.05) is 9.50 Å². The molecule has 0 fully saturated rings. The molecule has 1 aromatic rings. The Hall–Kier alpha value is -1.05. The van der Waals surface area contributed by atoms with E-state index in [9.17, 15) is 10.1 Å². The first kappa shape index (κ1) is 15.0. The molecule has 1 amide bonds. The number of halogens is 2. The molecule has 0 aliphatic carbocycles. The van der Waals surface area contributed by atoms with Crippen LogP contribution in [-0.2, 0) is 0 Å². The largest absolute Gasteiger partial charge is 0.334 e. The van der Waals surface area contributed by atoms with Gasteiger partial charge in [-0.15, -0.1) is 0 Å². The lowest BCUT2D eigenvalue weighted by molar-refractivity contribution is 0.0915. The first-order valence-electron chi connectivity index (χ1n) is 5.67. The molecular weight excluding hydrogens is 316 g/mol. The van der Waals surface area contributed by atoms with E-state index >= 15 is 0 Å². The summed E-state index contributed by atoms with van der Waals surface area (Å²) < 4.78 is 0.617. The van der Waals surface area contributed by atoms with Gasteiger partial charge in [-0.05, 0) is 47.0 Å². The lowest BCUT2D eigenvalue weighted by atomic mass is 9.94. The van der Waals surface area contributed by atoms with Crippen molar-refractivity contribution in [1.29, 1.82) is 5.26 Å². The van der Waals surface area contributed by atoms with Gasteiger partial charge in [0.2, 0.25) is 0 Å². The number of carbonyl (C=O) groups excluding carboxylic acids is 1. The molecule has 18 heavy (non-hydrogen) atoms. The molecule has 0 aliphatic rings. The monoisotopic (exact) mass is 328 g/mol. The first-order valence-corrected chi connectivity index (χ1v) is 6.84. The summed E-state index contributed by atoms with van der Waals surface area (Å²) in [4.78, 5) is 12.1. The van der Waals surface area contributed by atoms with Gasteiger partial charge >= 0.3 is 0 Å². The van der Waals surface area contributed by atoms with Crippen LogP contribution in [0, 0.1) is 11.3 Å². The SMILES string of the molecule is CCC(C#N)(CC)NC(=O)c1ccc(Cl)cc1Br. The molecule has 0 saturated heterocycles. The standard InChI is InChI=1S/C13H14BrClN2O/c1-3-13(4-2,8-16)17-12(18)10-6-5-9(15)7-11(10)14/h5-7H,3-4H2,1-2H3,(H,17,18). The quantitative estimate of drug-likeness (QED) is 0.910. The van der Waals surface area contributed by atoms with Gasteiger partial charge in [0.15, 0.2) is 0 Å². The Morgan fingerprint density at radius 2 is 2.11 bits per heavy atom. The summed E-state index contributed by atoms with van der Waals surface area (Å²) in [7, 11) is 0. The van der Waals surface area contributed by atoms with E-state index < -0.39 is 5.54 Å². The molecule has 0 bridgehead atoms. The second-order valence-electron chi connectivity index (χ2n) is 3.98. The fraction of sp³-hybridized carbons (Fsp3) is 0.385.